The molecular weight excluding hydrogens is 430 g/mol. The molecule has 3 aromatic rings. The number of phosphoric ester groups is 1. The van der Waals surface area contributed by atoms with Gasteiger partial charge in [-0.25, -0.2) is 17.5 Å². The van der Waals surface area contributed by atoms with Crippen molar-refractivity contribution in [2.24, 2.45) is 0 Å². The van der Waals surface area contributed by atoms with Crippen molar-refractivity contribution in [3.63, 3.8) is 0 Å². The molecule has 0 heterocycles. The van der Waals surface area contributed by atoms with Crippen LogP contribution in [0.15, 0.2) is 59.5 Å². The van der Waals surface area contributed by atoms with E-state index in [4.69, 9.17) is 9.79 Å². The number of hydrogen-bond acceptors (Lipinski definition) is 6. The number of benzene rings is 3. The van der Waals surface area contributed by atoms with Crippen LogP contribution in [0.3, 0.4) is 0 Å². The van der Waals surface area contributed by atoms with Crippen LogP contribution < -0.4 is 0 Å². The molecule has 0 spiro atoms. The van der Waals surface area contributed by atoms with Gasteiger partial charge in [0.2, 0.25) is 0 Å². The van der Waals surface area contributed by atoms with Crippen molar-refractivity contribution in [3.8, 4) is 0 Å². The SMILES string of the molecule is O=P(O)(O)OP(=O)(O)OCCS(=O)(=O)c1c2ccccc2cc2ccccc12. The average molecular weight is 446 g/mol. The van der Waals surface area contributed by atoms with Crippen LogP contribution in [0.25, 0.3) is 21.5 Å². The number of fused-ring (bicyclic) bond motifs is 2. The van der Waals surface area contributed by atoms with Crippen LogP contribution in [-0.2, 0) is 27.8 Å². The average Bonchev–Trinajstić information content (AvgIpc) is 2.56. The molecule has 0 radical (unpaired) electrons. The number of sulfone groups is 1. The molecule has 1 unspecified atom stereocenters. The Morgan fingerprint density at radius 3 is 1.86 bits per heavy atom. The third-order valence-electron chi connectivity index (χ3n) is 3.85. The summed E-state index contributed by atoms with van der Waals surface area (Å²) in [7, 11) is -14.4. The third-order valence-corrected chi connectivity index (χ3v) is 7.80. The van der Waals surface area contributed by atoms with Gasteiger partial charge in [-0.15, -0.1) is 0 Å². The van der Waals surface area contributed by atoms with Crippen molar-refractivity contribution >= 4 is 47.0 Å². The standard InChI is InChI=1S/C16H16O9P2S/c17-26(18,19)25-27(20,21)24-9-10-28(22,23)16-14-7-3-1-5-12(14)11-13-6-2-4-8-15(13)16/h1-8,11H,9-10H2,(H,20,21)(H2,17,18,19). The first kappa shape index (κ1) is 21.1. The zero-order valence-corrected chi connectivity index (χ0v) is 16.8. The van der Waals surface area contributed by atoms with Gasteiger partial charge in [0.25, 0.3) is 0 Å². The molecule has 3 N–H and O–H groups in total. The Kier molecular flexibility index (Phi) is 5.78. The van der Waals surface area contributed by atoms with Gasteiger partial charge in [-0.1, -0.05) is 48.5 Å². The lowest BCUT2D eigenvalue weighted by molar-refractivity contribution is 0.185. The Balaban J connectivity index is 1.96. The van der Waals surface area contributed by atoms with Gasteiger partial charge in [0.1, 0.15) is 0 Å². The lowest BCUT2D eigenvalue weighted by Crippen LogP contribution is -2.13. The van der Waals surface area contributed by atoms with Crippen LogP contribution in [0.2, 0.25) is 0 Å². The molecule has 0 amide bonds. The predicted octanol–water partition coefficient (Wildman–Crippen LogP) is 2.99. The second kappa shape index (κ2) is 7.67. The van der Waals surface area contributed by atoms with E-state index in [0.717, 1.165) is 0 Å². The van der Waals surface area contributed by atoms with Crippen molar-refractivity contribution in [1.29, 1.82) is 0 Å². The summed E-state index contributed by atoms with van der Waals surface area (Å²) in [4.78, 5) is 26.5. The third kappa shape index (κ3) is 4.86. The molecule has 3 aromatic carbocycles. The second-order valence-electron chi connectivity index (χ2n) is 5.84. The Morgan fingerprint density at radius 1 is 0.857 bits per heavy atom. The lowest BCUT2D eigenvalue weighted by Gasteiger charge is -2.14. The summed E-state index contributed by atoms with van der Waals surface area (Å²) in [6.45, 7) is -0.798. The normalized spacial score (nSPS) is 15.0. The summed E-state index contributed by atoms with van der Waals surface area (Å²) in [6, 6.07) is 15.7. The predicted molar refractivity (Wildman–Crippen MR) is 102 cm³/mol. The fourth-order valence-corrected chi connectivity index (χ4v) is 6.09. The molecule has 3 rings (SSSR count). The van der Waals surface area contributed by atoms with E-state index in [1.54, 1.807) is 48.5 Å². The molecule has 1 atom stereocenters. The van der Waals surface area contributed by atoms with E-state index in [-0.39, 0.29) is 4.90 Å². The van der Waals surface area contributed by atoms with Crippen LogP contribution >= 0.6 is 15.6 Å². The minimum atomic E-state index is -5.28. The number of hydrogen-bond donors (Lipinski definition) is 3. The van der Waals surface area contributed by atoms with E-state index in [2.05, 4.69) is 8.83 Å². The summed E-state index contributed by atoms with van der Waals surface area (Å²) in [5, 5.41) is 2.39. The topological polar surface area (TPSA) is 147 Å². The van der Waals surface area contributed by atoms with Crippen LogP contribution in [0.1, 0.15) is 0 Å². The van der Waals surface area contributed by atoms with Gasteiger partial charge in [0.05, 0.1) is 17.3 Å². The molecule has 0 saturated heterocycles. The molecule has 150 valence electrons. The van der Waals surface area contributed by atoms with Crippen molar-refractivity contribution in [2.45, 2.75) is 4.90 Å². The zero-order valence-electron chi connectivity index (χ0n) is 14.2. The van der Waals surface area contributed by atoms with E-state index in [1.165, 1.54) is 0 Å². The van der Waals surface area contributed by atoms with Gasteiger partial charge in [-0.3, -0.25) is 4.52 Å². The zero-order chi connectivity index (χ0) is 20.6. The Labute approximate surface area is 160 Å². The largest absolute Gasteiger partial charge is 0.481 e. The quantitative estimate of drug-likeness (QED) is 0.368. The highest BCUT2D eigenvalue weighted by Crippen LogP contribution is 2.57. The van der Waals surface area contributed by atoms with Crippen LogP contribution in [0, 0.1) is 0 Å². The van der Waals surface area contributed by atoms with E-state index in [9.17, 15) is 22.4 Å². The fourth-order valence-electron chi connectivity index (χ4n) is 2.83. The van der Waals surface area contributed by atoms with Gasteiger partial charge in [-0.05, 0) is 16.8 Å². The maximum atomic E-state index is 13.0. The fraction of sp³-hybridized carbons (Fsp3) is 0.125. The van der Waals surface area contributed by atoms with Crippen molar-refractivity contribution in [1.82, 2.24) is 0 Å². The Bertz CT molecular complexity index is 1180. The number of phosphoric acid groups is 2. The maximum Gasteiger partial charge on any atom is 0.481 e. The van der Waals surface area contributed by atoms with Gasteiger partial charge in [0, 0.05) is 10.8 Å². The molecule has 0 aliphatic carbocycles. The summed E-state index contributed by atoms with van der Waals surface area (Å²) >= 11 is 0. The Morgan fingerprint density at radius 2 is 1.36 bits per heavy atom. The summed E-state index contributed by atoms with van der Waals surface area (Å²) in [5.41, 5.74) is 0. The second-order valence-corrected chi connectivity index (χ2v) is 10.7. The highest BCUT2D eigenvalue weighted by atomic mass is 32.2. The van der Waals surface area contributed by atoms with Gasteiger partial charge in [-0.2, -0.15) is 4.31 Å². The smallest absolute Gasteiger partial charge is 0.302 e. The molecule has 0 bridgehead atoms. The van der Waals surface area contributed by atoms with Gasteiger partial charge >= 0.3 is 15.6 Å². The molecule has 0 fully saturated rings. The van der Waals surface area contributed by atoms with E-state index in [0.29, 0.717) is 21.5 Å². The first-order valence-electron chi connectivity index (χ1n) is 7.86. The minimum Gasteiger partial charge on any atom is -0.302 e. The van der Waals surface area contributed by atoms with E-state index < -0.39 is 37.8 Å². The molecule has 12 heteroatoms. The summed E-state index contributed by atoms with van der Waals surface area (Å²) in [6.07, 6.45) is 0. The molecule has 9 nitrogen and oxygen atoms in total. The number of rotatable bonds is 7. The van der Waals surface area contributed by atoms with Crippen molar-refractivity contribution in [2.75, 3.05) is 12.4 Å². The van der Waals surface area contributed by atoms with Gasteiger partial charge in [0.15, 0.2) is 9.84 Å². The van der Waals surface area contributed by atoms with Crippen LogP contribution in [0.4, 0.5) is 0 Å². The maximum absolute atomic E-state index is 13.0. The lowest BCUT2D eigenvalue weighted by atomic mass is 10.0. The molecule has 0 aromatic heterocycles. The molecule has 28 heavy (non-hydrogen) atoms. The molecule has 0 aliphatic rings. The monoisotopic (exact) mass is 446 g/mol. The van der Waals surface area contributed by atoms with Crippen molar-refractivity contribution in [3.05, 3.63) is 54.6 Å². The molecular formula is C16H16O9P2S. The van der Waals surface area contributed by atoms with E-state index in [1.807, 2.05) is 6.07 Å². The summed E-state index contributed by atoms with van der Waals surface area (Å²) < 4.78 is 56.2. The summed E-state index contributed by atoms with van der Waals surface area (Å²) in [5.74, 6) is -0.694. The van der Waals surface area contributed by atoms with Gasteiger partial charge < -0.3 is 14.7 Å². The van der Waals surface area contributed by atoms with E-state index >= 15 is 0 Å². The Hall–Kier alpha value is -1.61. The highest BCUT2D eigenvalue weighted by Gasteiger charge is 2.33. The van der Waals surface area contributed by atoms with Crippen molar-refractivity contribution < 1.29 is 41.1 Å². The molecule has 0 aliphatic heterocycles. The minimum absolute atomic E-state index is 0.0495. The van der Waals surface area contributed by atoms with Crippen LogP contribution in [-0.4, -0.2) is 35.5 Å². The first-order chi connectivity index (χ1) is 13.0. The molecule has 0 saturated carbocycles. The highest BCUT2D eigenvalue weighted by molar-refractivity contribution is 7.91. The first-order valence-corrected chi connectivity index (χ1v) is 12.5. The van der Waals surface area contributed by atoms with Crippen LogP contribution in [0.5, 0.6) is 0 Å².